The molecule has 2 aromatic carbocycles. The van der Waals surface area contributed by atoms with Gasteiger partial charge in [-0.3, -0.25) is 4.79 Å². The summed E-state index contributed by atoms with van der Waals surface area (Å²) in [5.41, 5.74) is 6.04. The maximum atomic E-state index is 12.2. The fraction of sp³-hybridized carbons (Fsp3) is 0.448. The Hall–Kier alpha value is -2.68. The normalized spacial score (nSPS) is 31.1. The van der Waals surface area contributed by atoms with Crippen LogP contribution in [0.2, 0.25) is 0 Å². The van der Waals surface area contributed by atoms with Crippen molar-refractivity contribution in [2.24, 2.45) is 22.7 Å². The quantitative estimate of drug-likeness (QED) is 0.540. The van der Waals surface area contributed by atoms with Gasteiger partial charge in [0, 0.05) is 23.3 Å². The van der Waals surface area contributed by atoms with Crippen molar-refractivity contribution in [3.8, 4) is 16.9 Å². The Morgan fingerprint density at radius 3 is 2.44 bits per heavy atom. The smallest absolute Gasteiger partial charge is 0.273 e. The molecule has 0 radical (unpaired) electrons. The lowest BCUT2D eigenvalue weighted by Gasteiger charge is -2.50. The lowest BCUT2D eigenvalue weighted by atomic mass is 9.54. The minimum Gasteiger partial charge on any atom is -0.508 e. The molecule has 3 nitrogen and oxygen atoms in total. The third kappa shape index (κ3) is 3.83. The van der Waals surface area contributed by atoms with Crippen molar-refractivity contribution in [1.29, 1.82) is 0 Å². The molecule has 2 bridgehead atoms. The Bertz CT molecular complexity index is 1110. The molecule has 2 aromatic rings. The van der Waals surface area contributed by atoms with Crippen molar-refractivity contribution in [3.63, 3.8) is 0 Å². The number of hydrogen-bond donors (Lipinski definition) is 1. The highest BCUT2D eigenvalue weighted by atomic mass is 16.3. The number of rotatable bonds is 3. The first-order chi connectivity index (χ1) is 15.3. The van der Waals surface area contributed by atoms with Gasteiger partial charge in [0.1, 0.15) is 5.75 Å². The number of amides is 1. The Kier molecular flexibility index (Phi) is 5.31. The monoisotopic (exact) mass is 427 g/mol. The minimum atomic E-state index is -0.124. The number of hydrogen-bond acceptors (Lipinski definition) is 2. The summed E-state index contributed by atoms with van der Waals surface area (Å²) in [7, 11) is 0. The van der Waals surface area contributed by atoms with Crippen molar-refractivity contribution < 1.29 is 9.90 Å². The highest BCUT2D eigenvalue weighted by molar-refractivity contribution is 6.14. The van der Waals surface area contributed by atoms with Crippen LogP contribution in [0.4, 0.5) is 0 Å². The van der Waals surface area contributed by atoms with Gasteiger partial charge < -0.3 is 5.11 Å². The van der Waals surface area contributed by atoms with Crippen molar-refractivity contribution >= 4 is 17.7 Å². The lowest BCUT2D eigenvalue weighted by Crippen LogP contribution is -2.42. The maximum absolute atomic E-state index is 12.2. The van der Waals surface area contributed by atoms with E-state index in [0.29, 0.717) is 24.0 Å². The molecule has 3 aliphatic rings. The molecule has 3 heteroatoms. The van der Waals surface area contributed by atoms with Gasteiger partial charge in [-0.1, -0.05) is 44.2 Å². The molecule has 2 saturated carbocycles. The number of carbonyl (C=O) groups is 1. The Morgan fingerprint density at radius 2 is 1.75 bits per heavy atom. The molecule has 0 spiro atoms. The van der Waals surface area contributed by atoms with E-state index in [1.165, 1.54) is 19.3 Å². The molecule has 0 aromatic heterocycles. The topological polar surface area (TPSA) is 49.7 Å². The maximum Gasteiger partial charge on any atom is 0.273 e. The minimum absolute atomic E-state index is 0.0693. The summed E-state index contributed by atoms with van der Waals surface area (Å²) in [6.07, 6.45) is 8.74. The van der Waals surface area contributed by atoms with Gasteiger partial charge in [0.05, 0.1) is 0 Å². The van der Waals surface area contributed by atoms with Gasteiger partial charge >= 0.3 is 0 Å². The van der Waals surface area contributed by atoms with Crippen molar-refractivity contribution in [2.75, 3.05) is 0 Å². The second-order valence-electron chi connectivity index (χ2n) is 10.8. The number of carbonyl (C=O) groups excluding carboxylic acids is 1. The van der Waals surface area contributed by atoms with Gasteiger partial charge in [0.2, 0.25) is 0 Å². The average Bonchev–Trinajstić information content (AvgIpc) is 3.04. The van der Waals surface area contributed by atoms with Gasteiger partial charge in [-0.05, 0) is 97.1 Å². The van der Waals surface area contributed by atoms with E-state index in [0.717, 1.165) is 52.3 Å². The zero-order chi connectivity index (χ0) is 22.5. The van der Waals surface area contributed by atoms with Crippen LogP contribution >= 0.6 is 0 Å². The van der Waals surface area contributed by atoms with Crippen molar-refractivity contribution in [2.45, 2.75) is 64.7 Å². The Morgan fingerprint density at radius 1 is 1.03 bits per heavy atom. The third-order valence-corrected chi connectivity index (χ3v) is 7.81. The number of phenols is 1. The first-order valence-electron chi connectivity index (χ1n) is 12.0. The van der Waals surface area contributed by atoms with Crippen LogP contribution in [0.25, 0.3) is 17.2 Å². The molecule has 1 heterocycles. The predicted octanol–water partition coefficient (Wildman–Crippen LogP) is 6.94. The van der Waals surface area contributed by atoms with E-state index >= 15 is 0 Å². The number of nitrogens with zero attached hydrogens (tertiary/aromatic N) is 1. The molecule has 2 aliphatic carbocycles. The predicted molar refractivity (Wildman–Crippen MR) is 131 cm³/mol. The molecule has 0 saturated heterocycles. The van der Waals surface area contributed by atoms with Crippen LogP contribution in [-0.2, 0) is 10.2 Å². The summed E-state index contributed by atoms with van der Waals surface area (Å²) in [6.45, 7) is 6.66. The number of phenolic OH excluding ortho intramolecular Hbond substituents is 1. The molecule has 32 heavy (non-hydrogen) atoms. The van der Waals surface area contributed by atoms with Crippen LogP contribution in [0.1, 0.15) is 70.4 Å². The molecule has 2 fully saturated rings. The summed E-state index contributed by atoms with van der Waals surface area (Å²) in [6, 6.07) is 14.4. The van der Waals surface area contributed by atoms with Gasteiger partial charge in [-0.15, -0.1) is 0 Å². The van der Waals surface area contributed by atoms with Crippen molar-refractivity contribution in [1.82, 2.24) is 0 Å². The second-order valence-corrected chi connectivity index (χ2v) is 10.8. The Balaban J connectivity index is 1.57. The molecule has 5 rings (SSSR count). The van der Waals surface area contributed by atoms with E-state index < -0.39 is 0 Å². The lowest BCUT2D eigenvalue weighted by molar-refractivity contribution is -0.113. The largest absolute Gasteiger partial charge is 0.508 e. The zero-order valence-electron chi connectivity index (χ0n) is 19.4. The molecule has 1 aliphatic heterocycles. The van der Waals surface area contributed by atoms with Crippen LogP contribution in [-0.4, -0.2) is 16.7 Å². The van der Waals surface area contributed by atoms with E-state index in [1.54, 1.807) is 0 Å². The van der Waals surface area contributed by atoms with Gasteiger partial charge in [-0.25, -0.2) is 4.99 Å². The van der Waals surface area contributed by atoms with Gasteiger partial charge in [-0.2, -0.15) is 0 Å². The van der Waals surface area contributed by atoms with Crippen LogP contribution in [0.15, 0.2) is 53.0 Å². The van der Waals surface area contributed by atoms with E-state index in [9.17, 15) is 9.90 Å². The van der Waals surface area contributed by atoms with Crippen LogP contribution in [0.3, 0.4) is 0 Å². The van der Waals surface area contributed by atoms with E-state index in [4.69, 9.17) is 0 Å². The molecule has 2 unspecified atom stereocenters. The Labute approximate surface area is 191 Å². The van der Waals surface area contributed by atoms with Crippen LogP contribution in [0, 0.1) is 17.8 Å². The van der Waals surface area contributed by atoms with E-state index in [2.05, 4.69) is 37.0 Å². The van der Waals surface area contributed by atoms with E-state index in [1.807, 2.05) is 37.3 Å². The average molecular weight is 428 g/mol. The zero-order valence-corrected chi connectivity index (χ0v) is 19.4. The number of fused-ring (bicyclic) bond motifs is 2. The summed E-state index contributed by atoms with van der Waals surface area (Å²) in [5.74, 6) is 2.46. The number of benzene rings is 2. The fourth-order valence-electron chi connectivity index (χ4n) is 6.98. The summed E-state index contributed by atoms with van der Waals surface area (Å²) in [4.78, 5) is 16.3. The highest BCUT2D eigenvalue weighted by Crippen LogP contribution is 2.56. The molecule has 166 valence electrons. The summed E-state index contributed by atoms with van der Waals surface area (Å²) in [5, 5.41) is 11.0. The number of aromatic hydroxyl groups is 1. The molecule has 1 N–H and O–H groups in total. The molecule has 1 amide bonds. The third-order valence-electron chi connectivity index (χ3n) is 7.81. The first kappa shape index (κ1) is 21.2. The van der Waals surface area contributed by atoms with Gasteiger partial charge in [0.15, 0.2) is 0 Å². The number of aliphatic imine (C=N–C) groups is 1. The van der Waals surface area contributed by atoms with Crippen LogP contribution < -0.4 is 0 Å². The fourth-order valence-corrected chi connectivity index (χ4v) is 6.98. The molecule has 2 atom stereocenters. The first-order valence-corrected chi connectivity index (χ1v) is 12.0. The molecular formula is C29H33NO2. The highest BCUT2D eigenvalue weighted by Gasteiger charge is 2.46. The molecular weight excluding hydrogens is 394 g/mol. The van der Waals surface area contributed by atoms with Crippen molar-refractivity contribution in [3.05, 3.63) is 59.2 Å². The SMILES string of the molecule is CC1=NC(=O)/C(=C/c2ccccc2-c2ccc(O)c(C34CC(C)CC(CC(C)C3)C4)c2)C1. The second kappa shape index (κ2) is 8.03. The van der Waals surface area contributed by atoms with E-state index in [-0.39, 0.29) is 11.3 Å². The van der Waals surface area contributed by atoms with Crippen LogP contribution in [0.5, 0.6) is 5.75 Å². The summed E-state index contributed by atoms with van der Waals surface area (Å²) >= 11 is 0. The standard InChI is InChI=1S/C29H33NO2/c1-18-10-21-11-19(2)16-29(15-18,17-21)26-14-23(8-9-27(26)31)25-7-5-4-6-22(25)13-24-12-20(3)30-28(24)32/h4-9,13-14,18-19,21,31H,10-12,15-17H2,1-3H3/b24-13+. The van der Waals surface area contributed by atoms with Gasteiger partial charge in [0.25, 0.3) is 5.91 Å². The summed E-state index contributed by atoms with van der Waals surface area (Å²) < 4.78 is 0.